The fourth-order valence-electron chi connectivity index (χ4n) is 2.34. The first-order valence-electron chi connectivity index (χ1n) is 6.76. The number of piperidine rings is 1. The first kappa shape index (κ1) is 14.5. The van der Waals surface area contributed by atoms with Crippen LogP contribution < -0.4 is 10.6 Å². The van der Waals surface area contributed by atoms with Gasteiger partial charge in [0.25, 0.3) is 5.91 Å². The Hall–Kier alpha value is -0.880. The normalized spacial score (nSPS) is 23.6. The zero-order chi connectivity index (χ0) is 14.0. The number of hydrogen-bond donors (Lipinski definition) is 3. The lowest BCUT2D eigenvalue weighted by molar-refractivity contribution is 0.0908. The average molecular weight is 329 g/mol. The molecule has 0 aromatic carbocycles. The molecule has 1 saturated heterocycles. The molecule has 1 aliphatic rings. The molecule has 0 aliphatic carbocycles. The van der Waals surface area contributed by atoms with E-state index in [0.717, 1.165) is 29.7 Å². The molecule has 3 N–H and O–H groups in total. The van der Waals surface area contributed by atoms with Crippen molar-refractivity contribution in [2.24, 2.45) is 5.92 Å². The number of carbonyl (C=O) groups is 1. The maximum Gasteiger partial charge on any atom is 0.273 e. The predicted molar refractivity (Wildman–Crippen MR) is 78.3 cm³/mol. The van der Waals surface area contributed by atoms with Crippen molar-refractivity contribution in [3.63, 3.8) is 0 Å². The van der Waals surface area contributed by atoms with Gasteiger partial charge in [0, 0.05) is 6.04 Å². The SMILES string of the molecule is CC(C)c1[nH]nc(C(=O)NC2CCNCC2C)c1Br. The highest BCUT2D eigenvalue weighted by Crippen LogP contribution is 2.25. The number of halogens is 1. The Morgan fingerprint density at radius 1 is 1.53 bits per heavy atom. The lowest BCUT2D eigenvalue weighted by atomic mass is 9.95. The molecule has 5 nitrogen and oxygen atoms in total. The van der Waals surface area contributed by atoms with E-state index in [1.165, 1.54) is 0 Å². The van der Waals surface area contributed by atoms with Crippen molar-refractivity contribution in [1.82, 2.24) is 20.8 Å². The highest BCUT2D eigenvalue weighted by molar-refractivity contribution is 9.10. The molecule has 106 valence electrons. The van der Waals surface area contributed by atoms with Crippen LogP contribution in [0.15, 0.2) is 4.47 Å². The van der Waals surface area contributed by atoms with Crippen LogP contribution in [0.4, 0.5) is 0 Å². The summed E-state index contributed by atoms with van der Waals surface area (Å²) < 4.78 is 0.779. The highest BCUT2D eigenvalue weighted by Gasteiger charge is 2.26. The third kappa shape index (κ3) is 3.17. The molecule has 1 aromatic heterocycles. The summed E-state index contributed by atoms with van der Waals surface area (Å²) in [6.07, 6.45) is 0.964. The van der Waals surface area contributed by atoms with Gasteiger partial charge in [-0.1, -0.05) is 20.8 Å². The second-order valence-electron chi connectivity index (χ2n) is 5.50. The Kier molecular flexibility index (Phi) is 4.62. The van der Waals surface area contributed by atoms with Crippen LogP contribution in [-0.2, 0) is 0 Å². The number of nitrogens with one attached hydrogen (secondary N) is 3. The van der Waals surface area contributed by atoms with Gasteiger partial charge in [-0.05, 0) is 47.3 Å². The summed E-state index contributed by atoms with van der Waals surface area (Å²) in [5.41, 5.74) is 1.41. The standard InChI is InChI=1S/C13H21BrN4O/c1-7(2)11-10(14)12(18-17-11)13(19)16-9-4-5-15-6-8(9)3/h7-9,15H,4-6H2,1-3H3,(H,16,19)(H,17,18). The van der Waals surface area contributed by atoms with Crippen LogP contribution in [0.5, 0.6) is 0 Å². The summed E-state index contributed by atoms with van der Waals surface area (Å²) in [4.78, 5) is 12.3. The summed E-state index contributed by atoms with van der Waals surface area (Å²) in [6.45, 7) is 8.18. The van der Waals surface area contributed by atoms with E-state index < -0.39 is 0 Å². The van der Waals surface area contributed by atoms with Crippen molar-refractivity contribution in [3.8, 4) is 0 Å². The summed E-state index contributed by atoms with van der Waals surface area (Å²) in [7, 11) is 0. The molecule has 0 radical (unpaired) electrons. The molecule has 1 fully saturated rings. The highest BCUT2D eigenvalue weighted by atomic mass is 79.9. The van der Waals surface area contributed by atoms with E-state index >= 15 is 0 Å². The zero-order valence-corrected chi connectivity index (χ0v) is 13.2. The summed E-state index contributed by atoms with van der Waals surface area (Å²) in [6, 6.07) is 0.222. The van der Waals surface area contributed by atoms with Gasteiger partial charge >= 0.3 is 0 Å². The molecular weight excluding hydrogens is 308 g/mol. The molecule has 1 aliphatic heterocycles. The number of amides is 1. The zero-order valence-electron chi connectivity index (χ0n) is 11.6. The summed E-state index contributed by atoms with van der Waals surface area (Å²) in [5, 5.41) is 13.5. The van der Waals surface area contributed by atoms with Crippen molar-refractivity contribution < 1.29 is 4.79 Å². The van der Waals surface area contributed by atoms with Crippen LogP contribution in [0, 0.1) is 5.92 Å². The van der Waals surface area contributed by atoms with Crippen LogP contribution in [0.25, 0.3) is 0 Å². The van der Waals surface area contributed by atoms with E-state index in [-0.39, 0.29) is 11.9 Å². The quantitative estimate of drug-likeness (QED) is 0.795. The second-order valence-corrected chi connectivity index (χ2v) is 6.30. The third-order valence-corrected chi connectivity index (χ3v) is 4.43. The van der Waals surface area contributed by atoms with Crippen molar-refractivity contribution >= 4 is 21.8 Å². The van der Waals surface area contributed by atoms with Gasteiger partial charge in [0.05, 0.1) is 10.2 Å². The number of aromatic nitrogens is 2. The minimum Gasteiger partial charge on any atom is -0.348 e. The van der Waals surface area contributed by atoms with Crippen LogP contribution in [0.2, 0.25) is 0 Å². The van der Waals surface area contributed by atoms with Crippen molar-refractivity contribution in [1.29, 1.82) is 0 Å². The van der Waals surface area contributed by atoms with E-state index in [9.17, 15) is 4.79 Å². The first-order valence-corrected chi connectivity index (χ1v) is 7.55. The van der Waals surface area contributed by atoms with Gasteiger partial charge in [0.2, 0.25) is 0 Å². The number of hydrogen-bond acceptors (Lipinski definition) is 3. The Bertz CT molecular complexity index is 457. The van der Waals surface area contributed by atoms with Gasteiger partial charge in [0.1, 0.15) is 0 Å². The Morgan fingerprint density at radius 3 is 2.84 bits per heavy atom. The molecule has 0 saturated carbocycles. The lowest BCUT2D eigenvalue weighted by Gasteiger charge is -2.29. The van der Waals surface area contributed by atoms with Crippen molar-refractivity contribution in [2.75, 3.05) is 13.1 Å². The summed E-state index contributed by atoms with van der Waals surface area (Å²) in [5.74, 6) is 0.648. The van der Waals surface area contributed by atoms with Gasteiger partial charge in [-0.2, -0.15) is 5.10 Å². The molecule has 1 amide bonds. The molecule has 2 unspecified atom stereocenters. The van der Waals surface area contributed by atoms with E-state index in [0.29, 0.717) is 17.5 Å². The molecule has 0 spiro atoms. The Morgan fingerprint density at radius 2 is 2.26 bits per heavy atom. The summed E-state index contributed by atoms with van der Waals surface area (Å²) >= 11 is 3.47. The molecule has 1 aromatic rings. The predicted octanol–water partition coefficient (Wildman–Crippen LogP) is 2.02. The fourth-order valence-corrected chi connectivity index (χ4v) is 3.16. The van der Waals surface area contributed by atoms with Gasteiger partial charge in [0.15, 0.2) is 5.69 Å². The molecule has 19 heavy (non-hydrogen) atoms. The maximum atomic E-state index is 12.3. The average Bonchev–Trinajstić information content (AvgIpc) is 2.74. The van der Waals surface area contributed by atoms with E-state index in [1.54, 1.807) is 0 Å². The second kappa shape index (κ2) is 6.05. The van der Waals surface area contributed by atoms with E-state index in [4.69, 9.17) is 0 Å². The Balaban J connectivity index is 2.07. The topological polar surface area (TPSA) is 69.8 Å². The third-order valence-electron chi connectivity index (χ3n) is 3.63. The number of H-pyrrole nitrogens is 1. The fraction of sp³-hybridized carbons (Fsp3) is 0.692. The molecular formula is C13H21BrN4O. The van der Waals surface area contributed by atoms with Crippen molar-refractivity contribution in [3.05, 3.63) is 15.9 Å². The smallest absolute Gasteiger partial charge is 0.273 e. The van der Waals surface area contributed by atoms with E-state index in [1.807, 2.05) is 0 Å². The van der Waals surface area contributed by atoms with Crippen LogP contribution in [0.3, 0.4) is 0 Å². The van der Waals surface area contributed by atoms with Crippen LogP contribution in [-0.4, -0.2) is 35.2 Å². The number of carbonyl (C=O) groups excluding carboxylic acids is 1. The van der Waals surface area contributed by atoms with Crippen LogP contribution in [0.1, 0.15) is 49.3 Å². The Labute approximate surface area is 122 Å². The number of nitrogens with zero attached hydrogens (tertiary/aromatic N) is 1. The monoisotopic (exact) mass is 328 g/mol. The van der Waals surface area contributed by atoms with Gasteiger partial charge < -0.3 is 10.6 Å². The van der Waals surface area contributed by atoms with Crippen LogP contribution >= 0.6 is 15.9 Å². The van der Waals surface area contributed by atoms with Gasteiger partial charge in [-0.15, -0.1) is 0 Å². The first-order chi connectivity index (χ1) is 9.00. The van der Waals surface area contributed by atoms with Gasteiger partial charge in [-0.25, -0.2) is 0 Å². The molecule has 2 heterocycles. The largest absolute Gasteiger partial charge is 0.348 e. The number of aromatic amines is 1. The van der Waals surface area contributed by atoms with Crippen molar-refractivity contribution in [2.45, 2.75) is 39.2 Å². The minimum atomic E-state index is -0.103. The molecule has 2 rings (SSSR count). The molecule has 0 bridgehead atoms. The molecule has 6 heteroatoms. The molecule has 2 atom stereocenters. The lowest BCUT2D eigenvalue weighted by Crippen LogP contribution is -2.48. The number of rotatable bonds is 3. The minimum absolute atomic E-state index is 0.103. The maximum absolute atomic E-state index is 12.3. The van der Waals surface area contributed by atoms with Gasteiger partial charge in [-0.3, -0.25) is 9.89 Å². The van der Waals surface area contributed by atoms with E-state index in [2.05, 4.69) is 57.5 Å².